The summed E-state index contributed by atoms with van der Waals surface area (Å²) in [6.45, 7) is 3.63. The van der Waals surface area contributed by atoms with E-state index >= 15 is 0 Å². The van der Waals surface area contributed by atoms with Gasteiger partial charge in [0, 0.05) is 11.7 Å². The molecule has 1 aromatic carbocycles. The molecular weight excluding hydrogens is 315 g/mol. The summed E-state index contributed by atoms with van der Waals surface area (Å²) in [6, 6.07) is 7.16. The van der Waals surface area contributed by atoms with E-state index < -0.39 is 0 Å². The van der Waals surface area contributed by atoms with Crippen LogP contribution in [0.4, 0.5) is 0 Å². The van der Waals surface area contributed by atoms with Gasteiger partial charge in [-0.3, -0.25) is 4.79 Å². The molecule has 0 aliphatic heterocycles. The molecule has 0 radical (unpaired) electrons. The minimum Gasteiger partial charge on any atom is -0.381 e. The van der Waals surface area contributed by atoms with Gasteiger partial charge in [0.1, 0.15) is 11.6 Å². The molecule has 1 aromatic rings. The number of thioether (sulfide) groups is 1. The van der Waals surface area contributed by atoms with Gasteiger partial charge in [-0.05, 0) is 37.8 Å². The highest BCUT2D eigenvalue weighted by atomic mass is 35.5. The van der Waals surface area contributed by atoms with E-state index in [0.717, 1.165) is 17.3 Å². The SMILES string of the molecule is CSC(=O)/C(C#N)=C(/C)NC(C)c1ccc(Cl)c(Cl)c1. The van der Waals surface area contributed by atoms with Crippen LogP contribution in [-0.4, -0.2) is 11.4 Å². The molecule has 0 bridgehead atoms. The molecule has 0 spiro atoms. The summed E-state index contributed by atoms with van der Waals surface area (Å²) >= 11 is 12.9. The summed E-state index contributed by atoms with van der Waals surface area (Å²) in [5.41, 5.74) is 1.60. The number of hydrogen-bond donors (Lipinski definition) is 1. The topological polar surface area (TPSA) is 52.9 Å². The quantitative estimate of drug-likeness (QED) is 0.660. The largest absolute Gasteiger partial charge is 0.381 e. The Kier molecular flexibility index (Phi) is 6.41. The van der Waals surface area contributed by atoms with Crippen molar-refractivity contribution in [2.24, 2.45) is 0 Å². The zero-order chi connectivity index (χ0) is 15.3. The van der Waals surface area contributed by atoms with Crippen LogP contribution in [0.2, 0.25) is 10.0 Å². The number of rotatable bonds is 4. The third-order valence-electron chi connectivity index (χ3n) is 2.75. The van der Waals surface area contributed by atoms with Crippen molar-refractivity contribution in [1.29, 1.82) is 5.26 Å². The Morgan fingerprint density at radius 1 is 1.40 bits per heavy atom. The second-order valence-electron chi connectivity index (χ2n) is 4.14. The zero-order valence-corrected chi connectivity index (χ0v) is 13.7. The van der Waals surface area contributed by atoms with Crippen LogP contribution in [0.25, 0.3) is 0 Å². The molecule has 0 fully saturated rings. The predicted octanol–water partition coefficient (Wildman–Crippen LogP) is 4.33. The van der Waals surface area contributed by atoms with Crippen molar-refractivity contribution in [3.05, 3.63) is 45.1 Å². The predicted molar refractivity (Wildman–Crippen MR) is 84.8 cm³/mol. The van der Waals surface area contributed by atoms with Gasteiger partial charge in [0.15, 0.2) is 0 Å². The minimum atomic E-state index is -0.251. The lowest BCUT2D eigenvalue weighted by molar-refractivity contribution is -0.107. The first-order valence-corrected chi connectivity index (χ1v) is 7.79. The third-order valence-corrected chi connectivity index (χ3v) is 4.07. The Balaban J connectivity index is 2.97. The molecule has 3 nitrogen and oxygen atoms in total. The van der Waals surface area contributed by atoms with Crippen molar-refractivity contribution in [3.63, 3.8) is 0 Å². The van der Waals surface area contributed by atoms with E-state index in [4.69, 9.17) is 28.5 Å². The maximum Gasteiger partial charge on any atom is 0.231 e. The van der Waals surface area contributed by atoms with Crippen LogP contribution in [0.1, 0.15) is 25.5 Å². The van der Waals surface area contributed by atoms with Crippen molar-refractivity contribution < 1.29 is 4.79 Å². The van der Waals surface area contributed by atoms with Gasteiger partial charge in [-0.25, -0.2) is 0 Å². The molecular formula is C14H14Cl2N2OS. The van der Waals surface area contributed by atoms with E-state index in [1.165, 1.54) is 0 Å². The van der Waals surface area contributed by atoms with Crippen molar-refractivity contribution in [2.45, 2.75) is 19.9 Å². The fourth-order valence-electron chi connectivity index (χ4n) is 1.65. The van der Waals surface area contributed by atoms with Crippen LogP contribution >= 0.6 is 35.0 Å². The number of hydrogen-bond acceptors (Lipinski definition) is 4. The van der Waals surface area contributed by atoms with Crippen molar-refractivity contribution >= 4 is 40.1 Å². The Morgan fingerprint density at radius 2 is 2.05 bits per heavy atom. The lowest BCUT2D eigenvalue weighted by atomic mass is 10.1. The molecule has 0 aliphatic rings. The molecule has 0 aromatic heterocycles. The molecule has 0 amide bonds. The van der Waals surface area contributed by atoms with E-state index in [2.05, 4.69) is 5.32 Å². The van der Waals surface area contributed by atoms with E-state index in [1.807, 2.05) is 19.1 Å². The lowest BCUT2D eigenvalue weighted by Gasteiger charge is -2.17. The maximum atomic E-state index is 11.6. The second-order valence-corrected chi connectivity index (χ2v) is 5.74. The summed E-state index contributed by atoms with van der Waals surface area (Å²) in [5, 5.41) is 12.9. The van der Waals surface area contributed by atoms with Crippen LogP contribution in [0.3, 0.4) is 0 Å². The van der Waals surface area contributed by atoms with Gasteiger partial charge in [0.05, 0.1) is 10.0 Å². The van der Waals surface area contributed by atoms with Crippen LogP contribution in [-0.2, 0) is 4.79 Å². The molecule has 1 atom stereocenters. The first-order chi connectivity index (χ1) is 9.40. The summed E-state index contributed by atoms with van der Waals surface area (Å²) < 4.78 is 0. The molecule has 1 unspecified atom stereocenters. The summed E-state index contributed by atoms with van der Waals surface area (Å²) in [5.74, 6) is 0. The molecule has 106 valence electrons. The molecule has 0 saturated carbocycles. The van der Waals surface area contributed by atoms with Gasteiger partial charge in [-0.15, -0.1) is 0 Å². The van der Waals surface area contributed by atoms with Crippen LogP contribution in [0.5, 0.6) is 0 Å². The van der Waals surface area contributed by atoms with Gasteiger partial charge in [0.2, 0.25) is 5.12 Å². The Bertz CT molecular complexity index is 593. The number of carbonyl (C=O) groups is 1. The van der Waals surface area contributed by atoms with Gasteiger partial charge >= 0.3 is 0 Å². The Hall–Kier alpha value is -1.15. The third kappa shape index (κ3) is 4.17. The van der Waals surface area contributed by atoms with Crippen LogP contribution in [0.15, 0.2) is 29.5 Å². The summed E-state index contributed by atoms with van der Waals surface area (Å²) in [7, 11) is 0. The summed E-state index contributed by atoms with van der Waals surface area (Å²) in [6.07, 6.45) is 1.65. The second kappa shape index (κ2) is 7.58. The first kappa shape index (κ1) is 16.9. The highest BCUT2D eigenvalue weighted by molar-refractivity contribution is 8.13. The first-order valence-electron chi connectivity index (χ1n) is 5.81. The number of allylic oxidation sites excluding steroid dienone is 1. The van der Waals surface area contributed by atoms with Gasteiger partial charge < -0.3 is 5.32 Å². The molecule has 0 aliphatic carbocycles. The molecule has 0 saturated heterocycles. The van der Waals surface area contributed by atoms with Gasteiger partial charge in [0.25, 0.3) is 0 Å². The number of nitriles is 1. The molecule has 20 heavy (non-hydrogen) atoms. The number of benzene rings is 1. The average molecular weight is 329 g/mol. The minimum absolute atomic E-state index is 0.0947. The van der Waals surface area contributed by atoms with E-state index in [-0.39, 0.29) is 16.7 Å². The maximum absolute atomic E-state index is 11.6. The van der Waals surface area contributed by atoms with E-state index in [1.54, 1.807) is 25.3 Å². The number of nitrogens with one attached hydrogen (secondary N) is 1. The lowest BCUT2D eigenvalue weighted by Crippen LogP contribution is -2.19. The number of nitrogens with zero attached hydrogens (tertiary/aromatic N) is 1. The molecule has 1 rings (SSSR count). The smallest absolute Gasteiger partial charge is 0.231 e. The highest BCUT2D eigenvalue weighted by Crippen LogP contribution is 2.26. The summed E-state index contributed by atoms with van der Waals surface area (Å²) in [4.78, 5) is 11.6. The standard InChI is InChI=1S/C14H14Cl2N2OS/c1-8(10-4-5-12(15)13(16)6-10)18-9(2)11(7-17)14(19)20-3/h4-6,8,18H,1-3H3/b11-9-. The zero-order valence-electron chi connectivity index (χ0n) is 11.3. The average Bonchev–Trinajstić information content (AvgIpc) is 2.42. The monoisotopic (exact) mass is 328 g/mol. The van der Waals surface area contributed by atoms with Gasteiger partial charge in [-0.2, -0.15) is 5.26 Å². The number of carbonyl (C=O) groups excluding carboxylic acids is 1. The van der Waals surface area contributed by atoms with Crippen molar-refractivity contribution in [2.75, 3.05) is 6.26 Å². The number of halogens is 2. The van der Waals surface area contributed by atoms with Gasteiger partial charge in [-0.1, -0.05) is 41.0 Å². The fourth-order valence-corrected chi connectivity index (χ4v) is 2.36. The van der Waals surface area contributed by atoms with E-state index in [9.17, 15) is 4.79 Å². The van der Waals surface area contributed by atoms with Crippen molar-refractivity contribution in [1.82, 2.24) is 5.32 Å². The molecule has 6 heteroatoms. The van der Waals surface area contributed by atoms with E-state index in [0.29, 0.717) is 15.7 Å². The highest BCUT2D eigenvalue weighted by Gasteiger charge is 2.14. The van der Waals surface area contributed by atoms with Crippen LogP contribution < -0.4 is 5.32 Å². The van der Waals surface area contributed by atoms with Crippen LogP contribution in [0, 0.1) is 11.3 Å². The van der Waals surface area contributed by atoms with Crippen molar-refractivity contribution in [3.8, 4) is 6.07 Å². The Labute approximate surface area is 132 Å². The molecule has 1 N–H and O–H groups in total. The normalized spacial score (nSPS) is 13.2. The molecule has 0 heterocycles. The Morgan fingerprint density at radius 3 is 2.55 bits per heavy atom. The fraction of sp³-hybridized carbons (Fsp3) is 0.286.